The van der Waals surface area contributed by atoms with Crippen LogP contribution in [0.15, 0.2) is 24.3 Å². The fraction of sp³-hybridized carbons (Fsp3) is 0.625. The summed E-state index contributed by atoms with van der Waals surface area (Å²) in [6.07, 6.45) is 0. The molecule has 0 spiro atoms. The highest BCUT2D eigenvalue weighted by molar-refractivity contribution is 5.47. The minimum atomic E-state index is 0.521. The van der Waals surface area contributed by atoms with Gasteiger partial charge in [0.15, 0.2) is 0 Å². The zero-order valence-corrected chi connectivity index (χ0v) is 12.5. The Morgan fingerprint density at radius 1 is 1.11 bits per heavy atom. The van der Waals surface area contributed by atoms with E-state index < -0.39 is 0 Å². The molecule has 1 atom stereocenters. The van der Waals surface area contributed by atoms with E-state index in [9.17, 15) is 0 Å². The first-order valence-electron chi connectivity index (χ1n) is 7.56. The second kappa shape index (κ2) is 6.92. The molecule has 3 nitrogen and oxygen atoms in total. The topological polar surface area (TPSA) is 18.5 Å². The second-order valence-corrected chi connectivity index (χ2v) is 5.23. The van der Waals surface area contributed by atoms with Crippen molar-refractivity contribution in [2.45, 2.75) is 26.8 Å². The van der Waals surface area contributed by atoms with Gasteiger partial charge in [-0.3, -0.25) is 4.90 Å². The summed E-state index contributed by atoms with van der Waals surface area (Å²) in [7, 11) is 0. The first-order valence-corrected chi connectivity index (χ1v) is 7.56. The normalized spacial score (nSPS) is 18.3. The van der Waals surface area contributed by atoms with E-state index >= 15 is 0 Å². The van der Waals surface area contributed by atoms with Crippen molar-refractivity contribution in [1.82, 2.24) is 10.2 Å². The third kappa shape index (κ3) is 3.48. The van der Waals surface area contributed by atoms with Gasteiger partial charge in [-0.2, -0.15) is 0 Å². The molecule has 0 aliphatic carbocycles. The van der Waals surface area contributed by atoms with Gasteiger partial charge in [0, 0.05) is 51.0 Å². The highest BCUT2D eigenvalue weighted by atomic mass is 15.2. The summed E-state index contributed by atoms with van der Waals surface area (Å²) >= 11 is 0. The SMILES string of the molecule is CCN(CC)c1ccc([C@H](C)N2CCNCC2)cc1. The smallest absolute Gasteiger partial charge is 0.0366 e. The van der Waals surface area contributed by atoms with Gasteiger partial charge in [-0.1, -0.05) is 12.1 Å². The molecule has 0 aromatic heterocycles. The fourth-order valence-electron chi connectivity index (χ4n) is 2.83. The van der Waals surface area contributed by atoms with Crippen LogP contribution < -0.4 is 10.2 Å². The predicted molar refractivity (Wildman–Crippen MR) is 82.9 cm³/mol. The molecule has 1 N–H and O–H groups in total. The summed E-state index contributed by atoms with van der Waals surface area (Å²) in [5, 5.41) is 3.41. The number of hydrogen-bond donors (Lipinski definition) is 1. The molecule has 1 saturated heterocycles. The summed E-state index contributed by atoms with van der Waals surface area (Å²) in [5.74, 6) is 0. The minimum absolute atomic E-state index is 0.521. The number of nitrogens with zero attached hydrogens (tertiary/aromatic N) is 2. The van der Waals surface area contributed by atoms with Gasteiger partial charge in [0.1, 0.15) is 0 Å². The molecule has 1 aromatic carbocycles. The molecule has 0 radical (unpaired) electrons. The molecule has 3 heteroatoms. The summed E-state index contributed by atoms with van der Waals surface area (Å²) in [4.78, 5) is 4.95. The van der Waals surface area contributed by atoms with E-state index in [1.54, 1.807) is 0 Å². The van der Waals surface area contributed by atoms with E-state index in [4.69, 9.17) is 0 Å². The summed E-state index contributed by atoms with van der Waals surface area (Å²) in [6.45, 7) is 13.4. The fourth-order valence-corrected chi connectivity index (χ4v) is 2.83. The molecule has 1 aliphatic heterocycles. The summed E-state index contributed by atoms with van der Waals surface area (Å²) < 4.78 is 0. The Morgan fingerprint density at radius 2 is 1.68 bits per heavy atom. The van der Waals surface area contributed by atoms with Crippen LogP contribution in [0.25, 0.3) is 0 Å². The highest BCUT2D eigenvalue weighted by Gasteiger charge is 2.17. The van der Waals surface area contributed by atoms with Crippen molar-refractivity contribution in [1.29, 1.82) is 0 Å². The Labute approximate surface area is 117 Å². The maximum Gasteiger partial charge on any atom is 0.0366 e. The molecule has 1 fully saturated rings. The van der Waals surface area contributed by atoms with E-state index in [1.807, 2.05) is 0 Å². The lowest BCUT2D eigenvalue weighted by Gasteiger charge is -2.33. The van der Waals surface area contributed by atoms with Crippen LogP contribution >= 0.6 is 0 Å². The number of rotatable bonds is 5. The van der Waals surface area contributed by atoms with Crippen LogP contribution in [0, 0.1) is 0 Å². The standard InChI is InChI=1S/C16H27N3/c1-4-18(5-2)16-8-6-15(7-9-16)14(3)19-12-10-17-11-13-19/h6-9,14,17H,4-5,10-13H2,1-3H3/t14-/m0/s1. The number of anilines is 1. The van der Waals surface area contributed by atoms with Crippen molar-refractivity contribution in [3.63, 3.8) is 0 Å². The van der Waals surface area contributed by atoms with Crippen molar-refractivity contribution in [3.8, 4) is 0 Å². The average molecular weight is 261 g/mol. The van der Waals surface area contributed by atoms with Gasteiger partial charge in [-0.25, -0.2) is 0 Å². The molecular formula is C16H27N3. The molecule has 0 amide bonds. The van der Waals surface area contributed by atoms with E-state index in [0.717, 1.165) is 39.3 Å². The van der Waals surface area contributed by atoms with Crippen LogP contribution in [-0.4, -0.2) is 44.2 Å². The highest BCUT2D eigenvalue weighted by Crippen LogP contribution is 2.23. The third-order valence-corrected chi connectivity index (χ3v) is 4.20. The third-order valence-electron chi connectivity index (χ3n) is 4.20. The Bertz CT molecular complexity index is 364. The van der Waals surface area contributed by atoms with Crippen molar-refractivity contribution in [3.05, 3.63) is 29.8 Å². The number of nitrogens with one attached hydrogen (secondary N) is 1. The van der Waals surface area contributed by atoms with Crippen molar-refractivity contribution in [2.75, 3.05) is 44.2 Å². The summed E-state index contributed by atoms with van der Waals surface area (Å²) in [6, 6.07) is 9.64. The maximum atomic E-state index is 3.41. The zero-order valence-electron chi connectivity index (χ0n) is 12.5. The number of hydrogen-bond acceptors (Lipinski definition) is 3. The molecule has 1 aliphatic rings. The molecule has 1 heterocycles. The van der Waals surface area contributed by atoms with E-state index in [0.29, 0.717) is 6.04 Å². The van der Waals surface area contributed by atoms with Crippen LogP contribution in [-0.2, 0) is 0 Å². The van der Waals surface area contributed by atoms with Crippen LogP contribution in [0.3, 0.4) is 0 Å². The van der Waals surface area contributed by atoms with Crippen molar-refractivity contribution < 1.29 is 0 Å². The van der Waals surface area contributed by atoms with Crippen LogP contribution in [0.1, 0.15) is 32.4 Å². The zero-order chi connectivity index (χ0) is 13.7. The monoisotopic (exact) mass is 261 g/mol. The maximum absolute atomic E-state index is 3.41. The largest absolute Gasteiger partial charge is 0.372 e. The molecule has 2 rings (SSSR count). The van der Waals surface area contributed by atoms with Gasteiger partial charge >= 0.3 is 0 Å². The number of benzene rings is 1. The lowest BCUT2D eigenvalue weighted by molar-refractivity contribution is 0.185. The first-order chi connectivity index (χ1) is 9.26. The lowest BCUT2D eigenvalue weighted by atomic mass is 10.1. The first kappa shape index (κ1) is 14.4. The van der Waals surface area contributed by atoms with Gasteiger partial charge in [0.25, 0.3) is 0 Å². The molecule has 1 aromatic rings. The Hall–Kier alpha value is -1.06. The quantitative estimate of drug-likeness (QED) is 0.878. The predicted octanol–water partition coefficient (Wildman–Crippen LogP) is 2.50. The van der Waals surface area contributed by atoms with Crippen LogP contribution in [0.5, 0.6) is 0 Å². The Balaban J connectivity index is 2.04. The molecule has 106 valence electrons. The lowest BCUT2D eigenvalue weighted by Crippen LogP contribution is -2.44. The van der Waals surface area contributed by atoms with Gasteiger partial charge in [-0.15, -0.1) is 0 Å². The van der Waals surface area contributed by atoms with Gasteiger partial charge in [0.05, 0.1) is 0 Å². The second-order valence-electron chi connectivity index (χ2n) is 5.23. The van der Waals surface area contributed by atoms with Crippen molar-refractivity contribution >= 4 is 5.69 Å². The van der Waals surface area contributed by atoms with E-state index in [1.165, 1.54) is 11.3 Å². The molecule has 0 unspecified atom stereocenters. The number of piperazine rings is 1. The van der Waals surface area contributed by atoms with Gasteiger partial charge in [-0.05, 0) is 38.5 Å². The molecular weight excluding hydrogens is 234 g/mol. The van der Waals surface area contributed by atoms with Gasteiger partial charge < -0.3 is 10.2 Å². The molecule has 0 bridgehead atoms. The van der Waals surface area contributed by atoms with E-state index in [2.05, 4.69) is 60.2 Å². The van der Waals surface area contributed by atoms with Crippen LogP contribution in [0.4, 0.5) is 5.69 Å². The average Bonchev–Trinajstić information content (AvgIpc) is 2.49. The van der Waals surface area contributed by atoms with Crippen LogP contribution in [0.2, 0.25) is 0 Å². The minimum Gasteiger partial charge on any atom is -0.372 e. The van der Waals surface area contributed by atoms with Gasteiger partial charge in [0.2, 0.25) is 0 Å². The van der Waals surface area contributed by atoms with Crippen molar-refractivity contribution in [2.24, 2.45) is 0 Å². The Kier molecular flexibility index (Phi) is 5.23. The van der Waals surface area contributed by atoms with E-state index in [-0.39, 0.29) is 0 Å². The molecule has 19 heavy (non-hydrogen) atoms. The molecule has 0 saturated carbocycles. The Morgan fingerprint density at radius 3 is 2.21 bits per heavy atom. The summed E-state index contributed by atoms with van der Waals surface area (Å²) in [5.41, 5.74) is 2.76.